The summed E-state index contributed by atoms with van der Waals surface area (Å²) in [5.74, 6) is 0.501. The van der Waals surface area contributed by atoms with Gasteiger partial charge in [-0.25, -0.2) is 0 Å². The minimum Gasteiger partial charge on any atom is -0.393 e. The molecule has 88 valence electrons. The van der Waals surface area contributed by atoms with Gasteiger partial charge in [-0.15, -0.1) is 0 Å². The molecule has 0 aromatic heterocycles. The van der Waals surface area contributed by atoms with E-state index in [1.54, 1.807) is 0 Å². The summed E-state index contributed by atoms with van der Waals surface area (Å²) in [7, 11) is 0. The highest BCUT2D eigenvalue weighted by Gasteiger charge is 2.26. The van der Waals surface area contributed by atoms with Crippen LogP contribution in [-0.2, 0) is 0 Å². The third-order valence-electron chi connectivity index (χ3n) is 4.06. The van der Waals surface area contributed by atoms with E-state index in [0.29, 0.717) is 18.0 Å². The lowest BCUT2D eigenvalue weighted by molar-refractivity contribution is 0.128. The zero-order chi connectivity index (χ0) is 10.7. The second-order valence-electron chi connectivity index (χ2n) is 5.28. The molecular weight excluding hydrogens is 188 g/mol. The summed E-state index contributed by atoms with van der Waals surface area (Å²) in [5, 5.41) is 13.3. The van der Waals surface area contributed by atoms with Crippen LogP contribution in [0.25, 0.3) is 0 Å². The highest BCUT2D eigenvalue weighted by molar-refractivity contribution is 4.83. The summed E-state index contributed by atoms with van der Waals surface area (Å²) in [6.45, 7) is 1.00. The molecular formula is C12H24N2O. The average Bonchev–Trinajstić information content (AvgIpc) is 2.63. The molecule has 2 aliphatic rings. The van der Waals surface area contributed by atoms with E-state index in [1.807, 2.05) is 0 Å². The number of aliphatic hydroxyl groups is 1. The van der Waals surface area contributed by atoms with Crippen molar-refractivity contribution in [3.63, 3.8) is 0 Å². The molecule has 0 aromatic rings. The Bertz CT molecular complexity index is 190. The van der Waals surface area contributed by atoms with Gasteiger partial charge in [-0.2, -0.15) is 0 Å². The Labute approximate surface area is 92.4 Å². The van der Waals surface area contributed by atoms with Crippen molar-refractivity contribution in [3.8, 4) is 0 Å². The number of aliphatic hydroxyl groups excluding tert-OH is 1. The molecule has 2 atom stereocenters. The smallest absolute Gasteiger partial charge is 0.0580 e. The van der Waals surface area contributed by atoms with Crippen LogP contribution < -0.4 is 11.1 Å². The van der Waals surface area contributed by atoms with Crippen LogP contribution in [-0.4, -0.2) is 29.8 Å². The van der Waals surface area contributed by atoms with Crippen LogP contribution in [0, 0.1) is 5.92 Å². The Morgan fingerprint density at radius 1 is 1.07 bits per heavy atom. The lowest BCUT2D eigenvalue weighted by Crippen LogP contribution is -2.40. The molecule has 0 amide bonds. The Balaban J connectivity index is 1.65. The summed E-state index contributed by atoms with van der Waals surface area (Å²) >= 11 is 0. The van der Waals surface area contributed by atoms with Crippen LogP contribution in [0.4, 0.5) is 0 Å². The van der Waals surface area contributed by atoms with Crippen LogP contribution in [0.3, 0.4) is 0 Å². The van der Waals surface area contributed by atoms with Gasteiger partial charge in [-0.05, 0) is 44.4 Å². The fourth-order valence-electron chi connectivity index (χ4n) is 2.90. The summed E-state index contributed by atoms with van der Waals surface area (Å²) in [5.41, 5.74) is 5.87. The Morgan fingerprint density at radius 2 is 1.80 bits per heavy atom. The van der Waals surface area contributed by atoms with E-state index >= 15 is 0 Å². The van der Waals surface area contributed by atoms with Gasteiger partial charge in [0.25, 0.3) is 0 Å². The number of hydrogen-bond acceptors (Lipinski definition) is 3. The van der Waals surface area contributed by atoms with Crippen molar-refractivity contribution in [3.05, 3.63) is 0 Å². The van der Waals surface area contributed by atoms with Crippen LogP contribution >= 0.6 is 0 Å². The van der Waals surface area contributed by atoms with Gasteiger partial charge in [0.1, 0.15) is 0 Å². The molecule has 4 N–H and O–H groups in total. The van der Waals surface area contributed by atoms with Gasteiger partial charge in [0.2, 0.25) is 0 Å². The molecule has 0 saturated heterocycles. The van der Waals surface area contributed by atoms with Crippen LogP contribution in [0.5, 0.6) is 0 Å². The number of nitrogens with one attached hydrogen (secondary N) is 1. The summed E-state index contributed by atoms with van der Waals surface area (Å²) in [6, 6.07) is 1.08. The molecule has 0 spiro atoms. The quantitative estimate of drug-likeness (QED) is 0.654. The first-order valence-corrected chi connectivity index (χ1v) is 6.42. The van der Waals surface area contributed by atoms with Gasteiger partial charge in [-0.3, -0.25) is 0 Å². The van der Waals surface area contributed by atoms with Crippen molar-refractivity contribution in [2.75, 3.05) is 6.54 Å². The molecule has 3 heteroatoms. The van der Waals surface area contributed by atoms with Crippen molar-refractivity contribution < 1.29 is 5.11 Å². The first-order chi connectivity index (χ1) is 7.25. The van der Waals surface area contributed by atoms with E-state index in [1.165, 1.54) is 25.7 Å². The van der Waals surface area contributed by atoms with E-state index < -0.39 is 0 Å². The monoisotopic (exact) mass is 212 g/mol. The average molecular weight is 212 g/mol. The predicted octanol–water partition coefficient (Wildman–Crippen LogP) is 1.01. The second kappa shape index (κ2) is 5.28. The maximum Gasteiger partial charge on any atom is 0.0580 e. The predicted molar refractivity (Wildman–Crippen MR) is 61.6 cm³/mol. The second-order valence-corrected chi connectivity index (χ2v) is 5.28. The molecule has 2 unspecified atom stereocenters. The zero-order valence-corrected chi connectivity index (χ0v) is 9.49. The highest BCUT2D eigenvalue weighted by atomic mass is 16.3. The fraction of sp³-hybridized carbons (Fsp3) is 1.00. The molecule has 2 fully saturated rings. The lowest BCUT2D eigenvalue weighted by atomic mass is 9.91. The van der Waals surface area contributed by atoms with Crippen molar-refractivity contribution in [2.45, 2.75) is 63.1 Å². The fourth-order valence-corrected chi connectivity index (χ4v) is 2.90. The normalized spacial score (nSPS) is 42.0. The maximum absolute atomic E-state index is 9.70. The van der Waals surface area contributed by atoms with Gasteiger partial charge >= 0.3 is 0 Å². The van der Waals surface area contributed by atoms with E-state index in [4.69, 9.17) is 5.73 Å². The molecule has 0 aromatic carbocycles. The summed E-state index contributed by atoms with van der Waals surface area (Å²) < 4.78 is 0. The van der Waals surface area contributed by atoms with Crippen molar-refractivity contribution in [1.29, 1.82) is 0 Å². The number of rotatable bonds is 3. The van der Waals surface area contributed by atoms with Crippen LogP contribution in [0.15, 0.2) is 0 Å². The topological polar surface area (TPSA) is 58.3 Å². The third-order valence-corrected chi connectivity index (χ3v) is 4.06. The van der Waals surface area contributed by atoms with E-state index in [0.717, 1.165) is 25.8 Å². The third kappa shape index (κ3) is 3.16. The Hall–Kier alpha value is -0.120. The number of hydrogen-bond donors (Lipinski definition) is 3. The first-order valence-electron chi connectivity index (χ1n) is 6.42. The molecule has 2 saturated carbocycles. The molecule has 2 rings (SSSR count). The largest absolute Gasteiger partial charge is 0.393 e. The minimum atomic E-state index is -0.0525. The van der Waals surface area contributed by atoms with Crippen molar-refractivity contribution >= 4 is 0 Å². The standard InChI is InChI=1S/C12H24N2O/c13-10-4-6-11(7-5-10)14-8-9-2-1-3-12(9)15/h9-12,14-15H,1-8,13H2. The molecule has 0 aliphatic heterocycles. The van der Waals surface area contributed by atoms with Crippen LogP contribution in [0.2, 0.25) is 0 Å². The first kappa shape index (κ1) is 11.4. The van der Waals surface area contributed by atoms with Crippen molar-refractivity contribution in [2.24, 2.45) is 11.7 Å². The Morgan fingerprint density at radius 3 is 2.40 bits per heavy atom. The molecule has 0 radical (unpaired) electrons. The maximum atomic E-state index is 9.70. The number of nitrogens with two attached hydrogens (primary N) is 1. The summed E-state index contributed by atoms with van der Waals surface area (Å²) in [6.07, 6.45) is 8.08. The molecule has 0 bridgehead atoms. The van der Waals surface area contributed by atoms with Gasteiger partial charge < -0.3 is 16.2 Å². The zero-order valence-electron chi connectivity index (χ0n) is 9.49. The van der Waals surface area contributed by atoms with Gasteiger partial charge in [0.05, 0.1) is 6.10 Å². The van der Waals surface area contributed by atoms with Gasteiger partial charge in [0, 0.05) is 18.6 Å². The van der Waals surface area contributed by atoms with Crippen LogP contribution in [0.1, 0.15) is 44.9 Å². The molecule has 15 heavy (non-hydrogen) atoms. The molecule has 2 aliphatic carbocycles. The van der Waals surface area contributed by atoms with E-state index in [-0.39, 0.29) is 6.10 Å². The van der Waals surface area contributed by atoms with E-state index in [9.17, 15) is 5.11 Å². The SMILES string of the molecule is NC1CCC(NCC2CCCC2O)CC1. The van der Waals surface area contributed by atoms with E-state index in [2.05, 4.69) is 5.32 Å². The highest BCUT2D eigenvalue weighted by Crippen LogP contribution is 2.25. The lowest BCUT2D eigenvalue weighted by Gasteiger charge is -2.28. The molecule has 0 heterocycles. The Kier molecular flexibility index (Phi) is 4.00. The van der Waals surface area contributed by atoms with Gasteiger partial charge in [-0.1, -0.05) is 6.42 Å². The van der Waals surface area contributed by atoms with Crippen molar-refractivity contribution in [1.82, 2.24) is 5.32 Å². The van der Waals surface area contributed by atoms with Gasteiger partial charge in [0.15, 0.2) is 0 Å². The minimum absolute atomic E-state index is 0.0525. The molecule has 3 nitrogen and oxygen atoms in total. The summed E-state index contributed by atoms with van der Waals surface area (Å²) in [4.78, 5) is 0.